The van der Waals surface area contributed by atoms with Gasteiger partial charge in [0.2, 0.25) is 5.78 Å². The van der Waals surface area contributed by atoms with E-state index in [9.17, 15) is 40.3 Å². The minimum atomic E-state index is -6.62. The smallest absolute Gasteiger partial charge is 0.380 e. The van der Waals surface area contributed by atoms with E-state index in [0.29, 0.717) is 6.42 Å². The summed E-state index contributed by atoms with van der Waals surface area (Å²) in [7, 11) is 0. The van der Waals surface area contributed by atoms with Gasteiger partial charge in [-0.2, -0.15) is 30.7 Å². The lowest BCUT2D eigenvalue weighted by Gasteiger charge is -2.36. The number of halogens is 7. The van der Waals surface area contributed by atoms with E-state index in [1.54, 1.807) is 6.92 Å². The van der Waals surface area contributed by atoms with Crippen molar-refractivity contribution in [2.45, 2.75) is 58.1 Å². The van der Waals surface area contributed by atoms with Crippen LogP contribution in [0.25, 0.3) is 0 Å². The van der Waals surface area contributed by atoms with Crippen molar-refractivity contribution in [1.29, 1.82) is 0 Å². The molecule has 0 radical (unpaired) electrons. The number of hydrogen-bond donors (Lipinski definition) is 0. The summed E-state index contributed by atoms with van der Waals surface area (Å²) in [6.07, 6.45) is -5.72. The Labute approximate surface area is 151 Å². The SMILES string of the molecule is CCCOC[C@]12CC[C@@H](C(C(=O)C(F)(F)C(F)(F)C(F)(F)F)C1=O)C2(C)C. The molecule has 10 heteroatoms. The molecule has 0 spiro atoms. The van der Waals surface area contributed by atoms with Crippen molar-refractivity contribution in [1.82, 2.24) is 0 Å². The van der Waals surface area contributed by atoms with Crippen LogP contribution < -0.4 is 0 Å². The maximum Gasteiger partial charge on any atom is 0.460 e. The molecule has 2 fully saturated rings. The Morgan fingerprint density at radius 2 is 1.70 bits per heavy atom. The molecule has 2 rings (SSSR count). The molecule has 0 heterocycles. The van der Waals surface area contributed by atoms with E-state index >= 15 is 0 Å². The van der Waals surface area contributed by atoms with Crippen LogP contribution in [0.3, 0.4) is 0 Å². The lowest BCUT2D eigenvalue weighted by Crippen LogP contribution is -2.59. The number of alkyl halides is 7. The van der Waals surface area contributed by atoms with Crippen molar-refractivity contribution in [2.75, 3.05) is 13.2 Å². The van der Waals surface area contributed by atoms with E-state index in [1.165, 1.54) is 13.8 Å². The Morgan fingerprint density at radius 3 is 2.19 bits per heavy atom. The summed E-state index contributed by atoms with van der Waals surface area (Å²) < 4.78 is 97.0. The van der Waals surface area contributed by atoms with Gasteiger partial charge in [-0.05, 0) is 30.6 Å². The molecule has 2 bridgehead atoms. The average molecular weight is 406 g/mol. The predicted octanol–water partition coefficient (Wildman–Crippen LogP) is 4.44. The van der Waals surface area contributed by atoms with Crippen LogP contribution in [0.2, 0.25) is 0 Å². The predicted molar refractivity (Wildman–Crippen MR) is 79.5 cm³/mol. The van der Waals surface area contributed by atoms with Crippen LogP contribution >= 0.6 is 0 Å². The number of rotatable bonds is 7. The Kier molecular flexibility index (Phi) is 5.25. The number of hydrogen-bond acceptors (Lipinski definition) is 3. The van der Waals surface area contributed by atoms with Crippen LogP contribution in [-0.4, -0.2) is 42.8 Å². The third-order valence-corrected chi connectivity index (χ3v) is 6.24. The van der Waals surface area contributed by atoms with Gasteiger partial charge in [0.1, 0.15) is 0 Å². The summed E-state index contributed by atoms with van der Waals surface area (Å²) in [6, 6.07) is 0. The van der Waals surface area contributed by atoms with E-state index < -0.39 is 52.3 Å². The quantitative estimate of drug-likeness (QED) is 0.357. The molecular weight excluding hydrogens is 385 g/mol. The van der Waals surface area contributed by atoms with Gasteiger partial charge in [-0.1, -0.05) is 20.8 Å². The monoisotopic (exact) mass is 406 g/mol. The first kappa shape index (κ1) is 22.1. The van der Waals surface area contributed by atoms with Crippen LogP contribution in [0.1, 0.15) is 40.0 Å². The summed E-state index contributed by atoms with van der Waals surface area (Å²) >= 11 is 0. The van der Waals surface area contributed by atoms with Crippen molar-refractivity contribution in [2.24, 2.45) is 22.7 Å². The Hall–Kier alpha value is -1.19. The summed E-state index contributed by atoms with van der Waals surface area (Å²) in [4.78, 5) is 24.9. The summed E-state index contributed by atoms with van der Waals surface area (Å²) in [5.74, 6) is -19.5. The van der Waals surface area contributed by atoms with E-state index in [0.717, 1.165) is 0 Å². The van der Waals surface area contributed by atoms with Gasteiger partial charge in [-0.3, -0.25) is 9.59 Å². The third kappa shape index (κ3) is 2.81. The summed E-state index contributed by atoms with van der Waals surface area (Å²) in [5, 5.41) is 0. The molecule has 0 saturated heterocycles. The molecule has 0 N–H and O–H groups in total. The van der Waals surface area contributed by atoms with E-state index in [4.69, 9.17) is 4.74 Å². The molecule has 27 heavy (non-hydrogen) atoms. The molecule has 156 valence electrons. The molecule has 0 aromatic carbocycles. The molecule has 0 aliphatic heterocycles. The fourth-order valence-electron chi connectivity index (χ4n) is 4.49. The van der Waals surface area contributed by atoms with Gasteiger partial charge in [0.25, 0.3) is 0 Å². The molecular formula is C17H21F7O3. The molecule has 2 aliphatic carbocycles. The number of ketones is 2. The first-order valence-electron chi connectivity index (χ1n) is 8.58. The van der Waals surface area contributed by atoms with Crippen molar-refractivity contribution in [3.8, 4) is 0 Å². The zero-order chi connectivity index (χ0) is 21.1. The van der Waals surface area contributed by atoms with E-state index in [-0.39, 0.29) is 26.1 Å². The van der Waals surface area contributed by atoms with Crippen molar-refractivity contribution in [3.63, 3.8) is 0 Å². The van der Waals surface area contributed by atoms with Gasteiger partial charge in [-0.25, -0.2) is 0 Å². The summed E-state index contributed by atoms with van der Waals surface area (Å²) in [6.45, 7) is 4.93. The summed E-state index contributed by atoms with van der Waals surface area (Å²) in [5.41, 5.74) is -2.39. The molecule has 2 saturated carbocycles. The Balaban J connectivity index is 2.40. The van der Waals surface area contributed by atoms with E-state index in [2.05, 4.69) is 0 Å². The highest BCUT2D eigenvalue weighted by Gasteiger charge is 2.80. The van der Waals surface area contributed by atoms with Crippen LogP contribution in [0.15, 0.2) is 0 Å². The second-order valence-corrected chi connectivity index (χ2v) is 7.85. The molecule has 0 aromatic heterocycles. The van der Waals surface area contributed by atoms with Gasteiger partial charge >= 0.3 is 18.0 Å². The first-order valence-corrected chi connectivity index (χ1v) is 8.58. The number of carbonyl (C=O) groups is 2. The fourth-order valence-corrected chi connectivity index (χ4v) is 4.49. The standard InChI is InChI=1S/C17H21F7O3/c1-4-7-27-8-14-6-5-9(13(14,2)3)10(11(14)25)12(26)15(18,19)16(20,21)17(22,23)24/h9-10H,4-8H2,1-3H3/t9-,10?,14+/m0/s1. The van der Waals surface area contributed by atoms with Gasteiger partial charge < -0.3 is 4.74 Å². The van der Waals surface area contributed by atoms with Gasteiger partial charge in [0.15, 0.2) is 5.78 Å². The Morgan fingerprint density at radius 1 is 1.15 bits per heavy atom. The molecule has 0 aromatic rings. The number of fused-ring (bicyclic) bond motifs is 2. The first-order chi connectivity index (χ1) is 12.1. The zero-order valence-corrected chi connectivity index (χ0v) is 15.1. The highest BCUT2D eigenvalue weighted by molar-refractivity contribution is 6.11. The maximum absolute atomic E-state index is 13.9. The van der Waals surface area contributed by atoms with Crippen molar-refractivity contribution in [3.05, 3.63) is 0 Å². The van der Waals surface area contributed by atoms with Gasteiger partial charge in [0.05, 0.1) is 17.9 Å². The van der Waals surface area contributed by atoms with Crippen LogP contribution in [-0.2, 0) is 14.3 Å². The largest absolute Gasteiger partial charge is 0.460 e. The topological polar surface area (TPSA) is 43.4 Å². The van der Waals surface area contributed by atoms with Gasteiger partial charge in [0, 0.05) is 6.61 Å². The minimum absolute atomic E-state index is 0.0955. The van der Waals surface area contributed by atoms with Crippen LogP contribution in [0, 0.1) is 22.7 Å². The molecule has 3 nitrogen and oxygen atoms in total. The second kappa shape index (κ2) is 6.42. The molecule has 3 atom stereocenters. The lowest BCUT2D eigenvalue weighted by atomic mass is 9.69. The second-order valence-electron chi connectivity index (χ2n) is 7.85. The number of carbonyl (C=O) groups excluding carboxylic acids is 2. The van der Waals surface area contributed by atoms with Crippen molar-refractivity contribution >= 4 is 11.6 Å². The van der Waals surface area contributed by atoms with Crippen molar-refractivity contribution < 1.29 is 45.1 Å². The normalized spacial score (nSPS) is 30.8. The van der Waals surface area contributed by atoms with Gasteiger partial charge in [-0.15, -0.1) is 0 Å². The lowest BCUT2D eigenvalue weighted by molar-refractivity contribution is -0.344. The maximum atomic E-state index is 13.9. The highest BCUT2D eigenvalue weighted by atomic mass is 19.4. The fraction of sp³-hybridized carbons (Fsp3) is 0.882. The number of ether oxygens (including phenoxy) is 1. The zero-order valence-electron chi connectivity index (χ0n) is 15.1. The molecule has 0 amide bonds. The van der Waals surface area contributed by atoms with E-state index in [1.807, 2.05) is 0 Å². The number of Topliss-reactive ketones (excluding diaryl/α,β-unsaturated/α-hetero) is 2. The highest BCUT2D eigenvalue weighted by Crippen LogP contribution is 2.67. The minimum Gasteiger partial charge on any atom is -0.380 e. The average Bonchev–Trinajstić information content (AvgIpc) is 2.87. The van der Waals surface area contributed by atoms with Crippen LogP contribution in [0.4, 0.5) is 30.7 Å². The molecule has 1 unspecified atom stereocenters. The Bertz CT molecular complexity index is 627. The van der Waals surface area contributed by atoms with Crippen LogP contribution in [0.5, 0.6) is 0 Å². The third-order valence-electron chi connectivity index (χ3n) is 6.24. The molecule has 2 aliphatic rings.